The van der Waals surface area contributed by atoms with Crippen LogP contribution in [0.25, 0.3) is 0 Å². The van der Waals surface area contributed by atoms with E-state index in [1.54, 1.807) is 4.90 Å². The van der Waals surface area contributed by atoms with Crippen LogP contribution in [0.5, 0.6) is 0 Å². The highest BCUT2D eigenvalue weighted by Gasteiger charge is 2.29. The number of urea groups is 1. The highest BCUT2D eigenvalue weighted by molar-refractivity contribution is 5.75. The molecule has 1 heterocycles. The Balaban J connectivity index is 2.16. The van der Waals surface area contributed by atoms with Gasteiger partial charge in [0.15, 0.2) is 0 Å². The van der Waals surface area contributed by atoms with Crippen LogP contribution in [-0.2, 0) is 0 Å². The van der Waals surface area contributed by atoms with Crippen molar-refractivity contribution in [2.24, 2.45) is 5.92 Å². The SMILES string of the molecule is N#CC1CN(C(=O)NCCO)C1. The zero-order chi connectivity index (χ0) is 8.97. The van der Waals surface area contributed by atoms with E-state index in [2.05, 4.69) is 11.4 Å². The van der Waals surface area contributed by atoms with Gasteiger partial charge in [-0.2, -0.15) is 5.26 Å². The van der Waals surface area contributed by atoms with Gasteiger partial charge in [0.1, 0.15) is 0 Å². The number of aliphatic hydroxyl groups excluding tert-OH is 1. The number of nitrogens with one attached hydrogen (secondary N) is 1. The number of amides is 2. The molecule has 1 saturated heterocycles. The predicted octanol–water partition coefficient (Wildman–Crippen LogP) is -0.856. The summed E-state index contributed by atoms with van der Waals surface area (Å²) in [4.78, 5) is 12.6. The lowest BCUT2D eigenvalue weighted by Crippen LogP contribution is -2.53. The minimum Gasteiger partial charge on any atom is -0.395 e. The first kappa shape index (κ1) is 8.81. The number of nitrogens with zero attached hydrogens (tertiary/aromatic N) is 2. The van der Waals surface area contributed by atoms with E-state index in [0.29, 0.717) is 13.1 Å². The minimum atomic E-state index is -0.199. The molecule has 0 spiro atoms. The van der Waals surface area contributed by atoms with Crippen LogP contribution in [0.15, 0.2) is 0 Å². The lowest BCUT2D eigenvalue weighted by Gasteiger charge is -2.34. The van der Waals surface area contributed by atoms with Gasteiger partial charge in [-0.1, -0.05) is 0 Å². The number of carbonyl (C=O) groups is 1. The summed E-state index contributed by atoms with van der Waals surface area (Å²) in [6.07, 6.45) is 0. The minimum absolute atomic E-state index is 0.00937. The predicted molar refractivity (Wildman–Crippen MR) is 41.2 cm³/mol. The molecule has 1 aliphatic rings. The van der Waals surface area contributed by atoms with E-state index >= 15 is 0 Å². The third-order valence-corrected chi connectivity index (χ3v) is 1.74. The largest absolute Gasteiger partial charge is 0.395 e. The van der Waals surface area contributed by atoms with Crippen molar-refractivity contribution in [3.8, 4) is 6.07 Å². The summed E-state index contributed by atoms with van der Waals surface area (Å²) in [5.74, 6) is -0.00937. The molecule has 5 nitrogen and oxygen atoms in total. The highest BCUT2D eigenvalue weighted by atomic mass is 16.3. The summed E-state index contributed by atoms with van der Waals surface area (Å²) in [5.41, 5.74) is 0. The molecule has 1 fully saturated rings. The molecule has 0 atom stereocenters. The first-order valence-corrected chi connectivity index (χ1v) is 3.81. The molecule has 0 unspecified atom stereocenters. The smallest absolute Gasteiger partial charge is 0.317 e. The molecule has 0 radical (unpaired) electrons. The van der Waals surface area contributed by atoms with Crippen LogP contribution in [0.3, 0.4) is 0 Å². The van der Waals surface area contributed by atoms with Crippen molar-refractivity contribution >= 4 is 6.03 Å². The molecule has 66 valence electrons. The first-order chi connectivity index (χ1) is 5.77. The number of hydrogen-bond donors (Lipinski definition) is 2. The molecule has 0 bridgehead atoms. The molecule has 0 aromatic carbocycles. The Morgan fingerprint density at radius 3 is 2.92 bits per heavy atom. The van der Waals surface area contributed by atoms with Crippen LogP contribution in [-0.4, -0.2) is 42.3 Å². The van der Waals surface area contributed by atoms with Gasteiger partial charge in [0.25, 0.3) is 0 Å². The molecule has 1 aliphatic heterocycles. The summed E-state index contributed by atoms with van der Waals surface area (Å²) < 4.78 is 0. The average Bonchev–Trinajstić information content (AvgIpc) is 1.99. The van der Waals surface area contributed by atoms with Gasteiger partial charge in [0, 0.05) is 19.6 Å². The van der Waals surface area contributed by atoms with Gasteiger partial charge in [-0.05, 0) is 0 Å². The van der Waals surface area contributed by atoms with Crippen LogP contribution >= 0.6 is 0 Å². The van der Waals surface area contributed by atoms with E-state index in [4.69, 9.17) is 10.4 Å². The maximum atomic E-state index is 11.0. The lowest BCUT2D eigenvalue weighted by molar-refractivity contribution is 0.142. The van der Waals surface area contributed by atoms with E-state index in [0.717, 1.165) is 0 Å². The van der Waals surface area contributed by atoms with Gasteiger partial charge < -0.3 is 15.3 Å². The molecule has 12 heavy (non-hydrogen) atoms. The molecule has 0 aliphatic carbocycles. The van der Waals surface area contributed by atoms with E-state index in [1.165, 1.54) is 0 Å². The number of carbonyl (C=O) groups excluding carboxylic acids is 1. The normalized spacial score (nSPS) is 16.5. The summed E-state index contributed by atoms with van der Waals surface area (Å²) >= 11 is 0. The first-order valence-electron chi connectivity index (χ1n) is 3.81. The molecular weight excluding hydrogens is 158 g/mol. The Morgan fingerprint density at radius 2 is 2.42 bits per heavy atom. The Kier molecular flexibility index (Phi) is 2.88. The summed E-state index contributed by atoms with van der Waals surface area (Å²) in [6, 6.07) is 1.87. The van der Waals surface area contributed by atoms with Crippen molar-refractivity contribution in [1.82, 2.24) is 10.2 Å². The zero-order valence-corrected chi connectivity index (χ0v) is 6.66. The molecule has 0 aromatic rings. The van der Waals surface area contributed by atoms with Crippen LogP contribution in [0.2, 0.25) is 0 Å². The molecule has 2 N–H and O–H groups in total. The molecule has 0 aromatic heterocycles. The Labute approximate surface area is 70.6 Å². The van der Waals surface area contributed by atoms with Crippen LogP contribution < -0.4 is 5.32 Å². The fourth-order valence-corrected chi connectivity index (χ4v) is 1.00. The van der Waals surface area contributed by atoms with E-state index < -0.39 is 0 Å². The maximum Gasteiger partial charge on any atom is 0.317 e. The number of hydrogen-bond acceptors (Lipinski definition) is 3. The Bertz CT molecular complexity index is 205. The average molecular weight is 169 g/mol. The molecular formula is C7H11N3O2. The quantitative estimate of drug-likeness (QED) is 0.565. The summed E-state index contributed by atoms with van der Waals surface area (Å²) in [5, 5.41) is 19.3. The van der Waals surface area contributed by atoms with Crippen molar-refractivity contribution in [2.45, 2.75) is 0 Å². The van der Waals surface area contributed by atoms with Crippen molar-refractivity contribution in [2.75, 3.05) is 26.2 Å². The second kappa shape index (κ2) is 3.93. The molecule has 0 saturated carbocycles. The maximum absolute atomic E-state index is 11.0. The van der Waals surface area contributed by atoms with Crippen molar-refractivity contribution in [3.05, 3.63) is 0 Å². The summed E-state index contributed by atoms with van der Waals surface area (Å²) in [6.45, 7) is 1.23. The second-order valence-corrected chi connectivity index (χ2v) is 2.69. The van der Waals surface area contributed by atoms with Crippen LogP contribution in [0.1, 0.15) is 0 Å². The fourth-order valence-electron chi connectivity index (χ4n) is 1.00. The molecule has 1 rings (SSSR count). The summed E-state index contributed by atoms with van der Waals surface area (Å²) in [7, 11) is 0. The second-order valence-electron chi connectivity index (χ2n) is 2.69. The number of aliphatic hydroxyl groups is 1. The van der Waals surface area contributed by atoms with Gasteiger partial charge in [-0.25, -0.2) is 4.79 Å². The monoisotopic (exact) mass is 169 g/mol. The van der Waals surface area contributed by atoms with Crippen molar-refractivity contribution < 1.29 is 9.90 Å². The van der Waals surface area contributed by atoms with Gasteiger partial charge in [0.2, 0.25) is 0 Å². The molecule has 2 amide bonds. The Hall–Kier alpha value is -1.28. The van der Waals surface area contributed by atoms with Crippen molar-refractivity contribution in [1.29, 1.82) is 5.26 Å². The third kappa shape index (κ3) is 1.86. The Morgan fingerprint density at radius 1 is 1.75 bits per heavy atom. The van der Waals surface area contributed by atoms with Gasteiger partial charge in [-0.3, -0.25) is 0 Å². The van der Waals surface area contributed by atoms with Crippen LogP contribution in [0, 0.1) is 17.2 Å². The number of likely N-dealkylation sites (tertiary alicyclic amines) is 1. The molecule has 5 heteroatoms. The fraction of sp³-hybridized carbons (Fsp3) is 0.714. The van der Waals surface area contributed by atoms with Gasteiger partial charge >= 0.3 is 6.03 Å². The van der Waals surface area contributed by atoms with Gasteiger partial charge in [0.05, 0.1) is 18.6 Å². The highest BCUT2D eigenvalue weighted by Crippen LogP contribution is 2.13. The van der Waals surface area contributed by atoms with E-state index in [1.807, 2.05) is 0 Å². The van der Waals surface area contributed by atoms with Crippen LogP contribution in [0.4, 0.5) is 4.79 Å². The van der Waals surface area contributed by atoms with Gasteiger partial charge in [-0.15, -0.1) is 0 Å². The topological polar surface area (TPSA) is 76.4 Å². The lowest BCUT2D eigenvalue weighted by atomic mass is 10.0. The number of rotatable bonds is 2. The standard InChI is InChI=1S/C7H11N3O2/c8-3-6-4-10(5-6)7(12)9-1-2-11/h6,11H,1-2,4-5H2,(H,9,12). The van der Waals surface area contributed by atoms with E-state index in [-0.39, 0.29) is 25.1 Å². The van der Waals surface area contributed by atoms with Crippen molar-refractivity contribution in [3.63, 3.8) is 0 Å². The van der Waals surface area contributed by atoms with E-state index in [9.17, 15) is 4.79 Å². The third-order valence-electron chi connectivity index (χ3n) is 1.74. The number of nitriles is 1. The zero-order valence-electron chi connectivity index (χ0n) is 6.66.